The van der Waals surface area contributed by atoms with E-state index in [1.807, 2.05) is 12.4 Å². The molecule has 3 aromatic rings. The number of pyridine rings is 1. The number of halogens is 2. The Bertz CT molecular complexity index is 960. The van der Waals surface area contributed by atoms with E-state index in [0.29, 0.717) is 17.0 Å². The van der Waals surface area contributed by atoms with Gasteiger partial charge in [0.2, 0.25) is 0 Å². The third-order valence-electron chi connectivity index (χ3n) is 5.42. The third kappa shape index (κ3) is 2.99. The molecule has 0 radical (unpaired) electrons. The predicted molar refractivity (Wildman–Crippen MR) is 107 cm³/mol. The molecule has 5 rings (SSSR count). The molecule has 1 aromatic carbocycles. The number of anilines is 1. The first kappa shape index (κ1) is 16.5. The maximum Gasteiger partial charge on any atom is 0.136 e. The van der Waals surface area contributed by atoms with Crippen LogP contribution >= 0.6 is 27.5 Å². The van der Waals surface area contributed by atoms with E-state index >= 15 is 0 Å². The van der Waals surface area contributed by atoms with Crippen LogP contribution in [0.3, 0.4) is 0 Å². The minimum atomic E-state index is 0.495. The van der Waals surface area contributed by atoms with Gasteiger partial charge < -0.3 is 9.47 Å². The number of nitrogens with zero attached hydrogens (tertiary/aromatic N) is 5. The predicted octanol–water partition coefficient (Wildman–Crippen LogP) is 4.96. The molecule has 0 bridgehead atoms. The first-order chi connectivity index (χ1) is 12.7. The minimum absolute atomic E-state index is 0.495. The highest BCUT2D eigenvalue weighted by Gasteiger charge is 2.31. The molecule has 2 fully saturated rings. The third-order valence-corrected chi connectivity index (χ3v) is 6.17. The lowest BCUT2D eigenvalue weighted by Crippen LogP contribution is -2.34. The van der Waals surface area contributed by atoms with Crippen molar-refractivity contribution in [2.24, 2.45) is 0 Å². The molecule has 0 amide bonds. The van der Waals surface area contributed by atoms with Gasteiger partial charge in [-0.25, -0.2) is 4.98 Å². The van der Waals surface area contributed by atoms with E-state index in [0.717, 1.165) is 47.1 Å². The smallest absolute Gasteiger partial charge is 0.136 e. The van der Waals surface area contributed by atoms with E-state index in [1.165, 1.54) is 18.7 Å². The van der Waals surface area contributed by atoms with E-state index < -0.39 is 0 Å². The zero-order chi connectivity index (χ0) is 17.7. The Balaban J connectivity index is 1.35. The topological polar surface area (TPSA) is 46.8 Å². The van der Waals surface area contributed by atoms with Gasteiger partial charge in [0.1, 0.15) is 18.0 Å². The zero-order valence-electron chi connectivity index (χ0n) is 14.3. The fraction of sp³-hybridized carbons (Fsp3) is 0.421. The Labute approximate surface area is 165 Å². The van der Waals surface area contributed by atoms with Crippen LogP contribution in [0.5, 0.6) is 0 Å². The summed E-state index contributed by atoms with van der Waals surface area (Å²) in [6.45, 7) is 1.96. The van der Waals surface area contributed by atoms with Gasteiger partial charge in [-0.3, -0.25) is 0 Å². The van der Waals surface area contributed by atoms with Crippen LogP contribution in [-0.4, -0.2) is 32.8 Å². The molecule has 2 aromatic heterocycles. The molecule has 2 aliphatic rings. The molecule has 1 saturated carbocycles. The molecular formula is C19H19BrClN5. The Morgan fingerprint density at radius 1 is 1.08 bits per heavy atom. The van der Waals surface area contributed by atoms with E-state index in [4.69, 9.17) is 16.6 Å². The number of hydrogen-bond acceptors (Lipinski definition) is 4. The van der Waals surface area contributed by atoms with Crippen LogP contribution in [0.2, 0.25) is 5.02 Å². The first-order valence-corrected chi connectivity index (χ1v) is 10.3. The largest absolute Gasteiger partial charge is 0.357 e. The van der Waals surface area contributed by atoms with Crippen LogP contribution in [0, 0.1) is 0 Å². The summed E-state index contributed by atoms with van der Waals surface area (Å²) < 4.78 is 3.27. The highest BCUT2D eigenvalue weighted by atomic mass is 79.9. The van der Waals surface area contributed by atoms with Crippen molar-refractivity contribution in [2.75, 3.05) is 18.0 Å². The second-order valence-corrected chi connectivity index (χ2v) is 8.54. The van der Waals surface area contributed by atoms with Gasteiger partial charge in [-0.2, -0.15) is 0 Å². The lowest BCUT2D eigenvalue weighted by atomic mass is 9.96. The summed E-state index contributed by atoms with van der Waals surface area (Å²) >= 11 is 9.88. The van der Waals surface area contributed by atoms with Crippen LogP contribution in [0.1, 0.15) is 43.5 Å². The van der Waals surface area contributed by atoms with Crippen LogP contribution in [-0.2, 0) is 0 Å². The molecule has 0 unspecified atom stereocenters. The second kappa shape index (κ2) is 6.50. The van der Waals surface area contributed by atoms with Crippen LogP contribution in [0.15, 0.2) is 35.1 Å². The SMILES string of the molecule is Clc1cc(Br)cc2ccc(N3CCC(c4nncn4C4CC4)CC3)nc12. The summed E-state index contributed by atoms with van der Waals surface area (Å²) in [6, 6.07) is 8.79. The van der Waals surface area contributed by atoms with E-state index in [1.54, 1.807) is 0 Å². The van der Waals surface area contributed by atoms with E-state index in [2.05, 4.69) is 53.8 Å². The van der Waals surface area contributed by atoms with Gasteiger partial charge in [-0.15, -0.1) is 10.2 Å². The average Bonchev–Trinajstić information content (AvgIpc) is 3.38. The van der Waals surface area contributed by atoms with Gasteiger partial charge in [-0.05, 0) is 49.9 Å². The maximum atomic E-state index is 6.39. The van der Waals surface area contributed by atoms with Crippen LogP contribution in [0.25, 0.3) is 10.9 Å². The molecule has 26 heavy (non-hydrogen) atoms. The molecule has 3 heterocycles. The van der Waals surface area contributed by atoms with Gasteiger partial charge in [0.15, 0.2) is 0 Å². The van der Waals surface area contributed by atoms with E-state index in [9.17, 15) is 0 Å². The normalized spacial score (nSPS) is 18.6. The molecule has 1 aliphatic carbocycles. The van der Waals surface area contributed by atoms with Gasteiger partial charge in [0, 0.05) is 34.9 Å². The second-order valence-electron chi connectivity index (χ2n) is 7.22. The number of hydrogen-bond donors (Lipinski definition) is 0. The van der Waals surface area contributed by atoms with Crippen molar-refractivity contribution >= 4 is 44.3 Å². The van der Waals surface area contributed by atoms with Crippen molar-refractivity contribution in [1.29, 1.82) is 0 Å². The number of rotatable bonds is 3. The zero-order valence-corrected chi connectivity index (χ0v) is 16.6. The Hall–Kier alpha value is -1.66. The number of piperidine rings is 1. The van der Waals surface area contributed by atoms with Gasteiger partial charge in [0.05, 0.1) is 10.5 Å². The fourth-order valence-corrected chi connectivity index (χ4v) is 4.74. The fourth-order valence-electron chi connectivity index (χ4n) is 3.87. The lowest BCUT2D eigenvalue weighted by Gasteiger charge is -2.32. The Morgan fingerprint density at radius 3 is 2.65 bits per heavy atom. The molecule has 0 atom stereocenters. The quantitative estimate of drug-likeness (QED) is 0.587. The number of benzene rings is 1. The minimum Gasteiger partial charge on any atom is -0.357 e. The summed E-state index contributed by atoms with van der Waals surface area (Å²) in [7, 11) is 0. The summed E-state index contributed by atoms with van der Waals surface area (Å²) in [5.74, 6) is 2.67. The lowest BCUT2D eigenvalue weighted by molar-refractivity contribution is 0.463. The summed E-state index contributed by atoms with van der Waals surface area (Å²) in [6.07, 6.45) is 6.60. The molecule has 5 nitrogen and oxygen atoms in total. The van der Waals surface area contributed by atoms with Crippen molar-refractivity contribution in [3.63, 3.8) is 0 Å². The highest BCUT2D eigenvalue weighted by molar-refractivity contribution is 9.10. The maximum absolute atomic E-state index is 6.39. The van der Waals surface area contributed by atoms with Crippen molar-refractivity contribution in [2.45, 2.75) is 37.6 Å². The molecule has 7 heteroatoms. The van der Waals surface area contributed by atoms with Crippen molar-refractivity contribution in [1.82, 2.24) is 19.7 Å². The summed E-state index contributed by atoms with van der Waals surface area (Å²) in [5, 5.41) is 10.3. The molecule has 1 aliphatic heterocycles. The summed E-state index contributed by atoms with van der Waals surface area (Å²) in [5.41, 5.74) is 0.864. The van der Waals surface area contributed by atoms with Gasteiger partial charge >= 0.3 is 0 Å². The van der Waals surface area contributed by atoms with Crippen molar-refractivity contribution in [3.05, 3.63) is 45.9 Å². The number of aromatic nitrogens is 4. The Kier molecular flexibility index (Phi) is 4.13. The summed E-state index contributed by atoms with van der Waals surface area (Å²) in [4.78, 5) is 7.18. The van der Waals surface area contributed by atoms with Gasteiger partial charge in [-0.1, -0.05) is 27.5 Å². The van der Waals surface area contributed by atoms with Crippen molar-refractivity contribution < 1.29 is 0 Å². The first-order valence-electron chi connectivity index (χ1n) is 9.09. The molecule has 0 spiro atoms. The molecule has 0 N–H and O–H groups in total. The van der Waals surface area contributed by atoms with E-state index in [-0.39, 0.29) is 0 Å². The monoisotopic (exact) mass is 431 g/mol. The Morgan fingerprint density at radius 2 is 1.88 bits per heavy atom. The average molecular weight is 433 g/mol. The standard InChI is InChI=1S/C19H19BrClN5/c20-14-9-13-1-4-17(23-18(13)16(21)10-14)25-7-5-12(6-8-25)19-24-22-11-26(19)15-2-3-15/h1,4,9-12,15H,2-3,5-8H2. The van der Waals surface area contributed by atoms with Gasteiger partial charge in [0.25, 0.3) is 0 Å². The van der Waals surface area contributed by atoms with Crippen LogP contribution in [0.4, 0.5) is 5.82 Å². The highest BCUT2D eigenvalue weighted by Crippen LogP contribution is 2.39. The van der Waals surface area contributed by atoms with Crippen molar-refractivity contribution in [3.8, 4) is 0 Å². The number of fused-ring (bicyclic) bond motifs is 1. The molecular weight excluding hydrogens is 414 g/mol. The molecule has 134 valence electrons. The van der Waals surface area contributed by atoms with Crippen LogP contribution < -0.4 is 4.90 Å². The molecule has 1 saturated heterocycles.